The van der Waals surface area contributed by atoms with Crippen molar-refractivity contribution in [1.82, 2.24) is 10.2 Å². The maximum Gasteiger partial charge on any atom is 0.00530 e. The normalized spacial score (nSPS) is 30.6. The van der Waals surface area contributed by atoms with Gasteiger partial charge in [-0.25, -0.2) is 0 Å². The van der Waals surface area contributed by atoms with Gasteiger partial charge in [-0.1, -0.05) is 24.3 Å². The van der Waals surface area contributed by atoms with E-state index in [-0.39, 0.29) is 0 Å². The van der Waals surface area contributed by atoms with Crippen LogP contribution in [-0.2, 0) is 6.42 Å². The molecular weight excluding hydrogens is 220 g/mol. The lowest BCUT2D eigenvalue weighted by Crippen LogP contribution is -2.46. The Hall–Kier alpha value is -0.860. The molecule has 3 heterocycles. The van der Waals surface area contributed by atoms with Crippen molar-refractivity contribution in [2.45, 2.75) is 25.2 Å². The third-order valence-corrected chi connectivity index (χ3v) is 4.73. The Morgan fingerprint density at radius 2 is 1.89 bits per heavy atom. The number of nitrogens with zero attached hydrogens (tertiary/aromatic N) is 1. The summed E-state index contributed by atoms with van der Waals surface area (Å²) in [4.78, 5) is 2.64. The van der Waals surface area contributed by atoms with Crippen LogP contribution in [0.25, 0.3) is 0 Å². The summed E-state index contributed by atoms with van der Waals surface area (Å²) >= 11 is 0. The minimum Gasteiger partial charge on any atom is -0.319 e. The lowest BCUT2D eigenvalue weighted by atomic mass is 9.75. The van der Waals surface area contributed by atoms with E-state index >= 15 is 0 Å². The number of fused-ring (bicyclic) bond motifs is 3. The Bertz CT molecular complexity index is 377. The SMILES string of the molecule is CNCCc1ccc(C2CN3CCC2CC3)cc1. The average Bonchev–Trinajstić information content (AvgIpc) is 2.47. The maximum absolute atomic E-state index is 3.21. The number of nitrogens with one attached hydrogen (secondary N) is 1. The molecule has 18 heavy (non-hydrogen) atoms. The number of likely N-dealkylation sites (N-methyl/N-ethyl adjacent to an activating group) is 1. The number of hydrogen-bond donors (Lipinski definition) is 1. The van der Waals surface area contributed by atoms with Crippen LogP contribution in [0.15, 0.2) is 24.3 Å². The molecule has 2 bridgehead atoms. The third-order valence-electron chi connectivity index (χ3n) is 4.73. The summed E-state index contributed by atoms with van der Waals surface area (Å²) in [5.41, 5.74) is 3.02. The Kier molecular flexibility index (Phi) is 3.67. The van der Waals surface area contributed by atoms with Crippen LogP contribution in [0.3, 0.4) is 0 Å². The molecule has 0 aliphatic carbocycles. The van der Waals surface area contributed by atoms with Gasteiger partial charge in [0, 0.05) is 6.54 Å². The molecule has 3 fully saturated rings. The number of piperidine rings is 3. The molecule has 1 N–H and O–H groups in total. The molecule has 0 saturated carbocycles. The first-order chi connectivity index (χ1) is 8.86. The van der Waals surface area contributed by atoms with Gasteiger partial charge >= 0.3 is 0 Å². The standard InChI is InChI=1S/C16H24N2/c1-17-9-6-13-2-4-14(5-3-13)16-12-18-10-7-15(16)8-11-18/h2-5,15-17H,6-12H2,1H3. The van der Waals surface area contributed by atoms with Crippen LogP contribution < -0.4 is 5.32 Å². The summed E-state index contributed by atoms with van der Waals surface area (Å²) in [6.45, 7) is 5.03. The van der Waals surface area contributed by atoms with E-state index in [0.717, 1.165) is 24.8 Å². The van der Waals surface area contributed by atoms with Gasteiger partial charge in [0.25, 0.3) is 0 Å². The zero-order valence-electron chi connectivity index (χ0n) is 11.4. The summed E-state index contributed by atoms with van der Waals surface area (Å²) < 4.78 is 0. The van der Waals surface area contributed by atoms with E-state index in [2.05, 4.69) is 34.5 Å². The first-order valence-corrected chi connectivity index (χ1v) is 7.32. The van der Waals surface area contributed by atoms with Crippen molar-refractivity contribution in [3.8, 4) is 0 Å². The number of benzene rings is 1. The van der Waals surface area contributed by atoms with E-state index in [4.69, 9.17) is 0 Å². The monoisotopic (exact) mass is 244 g/mol. The molecule has 1 aromatic rings. The van der Waals surface area contributed by atoms with Gasteiger partial charge in [0.15, 0.2) is 0 Å². The molecule has 3 aliphatic heterocycles. The lowest BCUT2D eigenvalue weighted by Gasteiger charge is -2.45. The molecule has 0 aromatic heterocycles. The van der Waals surface area contributed by atoms with Crippen molar-refractivity contribution >= 4 is 0 Å². The van der Waals surface area contributed by atoms with E-state index in [9.17, 15) is 0 Å². The molecule has 2 heteroatoms. The van der Waals surface area contributed by atoms with Gasteiger partial charge in [0.05, 0.1) is 0 Å². The molecule has 1 unspecified atom stereocenters. The van der Waals surface area contributed by atoms with E-state index < -0.39 is 0 Å². The predicted octanol–water partition coefficient (Wildman–Crippen LogP) is 2.26. The van der Waals surface area contributed by atoms with Gasteiger partial charge in [-0.05, 0) is 68.9 Å². The molecule has 3 aliphatic rings. The quantitative estimate of drug-likeness (QED) is 0.874. The smallest absolute Gasteiger partial charge is 0.00530 e. The van der Waals surface area contributed by atoms with Gasteiger partial charge in [-0.3, -0.25) is 0 Å². The Labute approximate surface area is 110 Å². The number of hydrogen-bond acceptors (Lipinski definition) is 2. The van der Waals surface area contributed by atoms with Crippen molar-refractivity contribution in [2.75, 3.05) is 33.2 Å². The van der Waals surface area contributed by atoms with Crippen LogP contribution in [0, 0.1) is 5.92 Å². The van der Waals surface area contributed by atoms with E-state index in [0.29, 0.717) is 0 Å². The highest BCUT2D eigenvalue weighted by molar-refractivity contribution is 5.27. The second-order valence-electron chi connectivity index (χ2n) is 5.84. The minimum absolute atomic E-state index is 0.797. The Morgan fingerprint density at radius 1 is 1.17 bits per heavy atom. The highest BCUT2D eigenvalue weighted by Crippen LogP contribution is 2.38. The zero-order valence-corrected chi connectivity index (χ0v) is 11.4. The fraction of sp³-hybridized carbons (Fsp3) is 0.625. The van der Waals surface area contributed by atoms with Crippen molar-refractivity contribution < 1.29 is 0 Å². The molecule has 3 saturated heterocycles. The van der Waals surface area contributed by atoms with Crippen molar-refractivity contribution in [2.24, 2.45) is 5.92 Å². The van der Waals surface area contributed by atoms with E-state index in [1.54, 1.807) is 5.56 Å². The minimum atomic E-state index is 0.797. The molecule has 1 aromatic carbocycles. The fourth-order valence-corrected chi connectivity index (χ4v) is 3.54. The Morgan fingerprint density at radius 3 is 2.44 bits per heavy atom. The Balaban J connectivity index is 1.69. The van der Waals surface area contributed by atoms with Gasteiger partial charge < -0.3 is 10.2 Å². The van der Waals surface area contributed by atoms with Crippen LogP contribution in [0.1, 0.15) is 29.9 Å². The first-order valence-electron chi connectivity index (χ1n) is 7.32. The summed E-state index contributed by atoms with van der Waals surface area (Å²) in [6.07, 6.45) is 3.95. The lowest BCUT2D eigenvalue weighted by molar-refractivity contribution is 0.0871. The molecular formula is C16H24N2. The zero-order chi connectivity index (χ0) is 12.4. The number of rotatable bonds is 4. The maximum atomic E-state index is 3.21. The molecule has 0 radical (unpaired) electrons. The van der Waals surface area contributed by atoms with Crippen molar-refractivity contribution in [1.29, 1.82) is 0 Å². The molecule has 4 rings (SSSR count). The molecule has 1 atom stereocenters. The third kappa shape index (κ3) is 2.45. The summed E-state index contributed by atoms with van der Waals surface area (Å²) in [5, 5.41) is 3.21. The topological polar surface area (TPSA) is 15.3 Å². The van der Waals surface area contributed by atoms with Crippen LogP contribution in [-0.4, -0.2) is 38.1 Å². The summed E-state index contributed by atoms with van der Waals surface area (Å²) in [6, 6.07) is 9.39. The second-order valence-corrected chi connectivity index (χ2v) is 5.84. The van der Waals surface area contributed by atoms with Gasteiger partial charge in [-0.2, -0.15) is 0 Å². The predicted molar refractivity (Wildman–Crippen MR) is 76.0 cm³/mol. The fourth-order valence-electron chi connectivity index (χ4n) is 3.54. The highest BCUT2D eigenvalue weighted by Gasteiger charge is 2.34. The van der Waals surface area contributed by atoms with Crippen LogP contribution in [0.5, 0.6) is 0 Å². The van der Waals surface area contributed by atoms with Gasteiger partial charge in [-0.15, -0.1) is 0 Å². The van der Waals surface area contributed by atoms with Crippen LogP contribution in [0.4, 0.5) is 0 Å². The first kappa shape index (κ1) is 12.2. The van der Waals surface area contributed by atoms with Crippen LogP contribution >= 0.6 is 0 Å². The highest BCUT2D eigenvalue weighted by atomic mass is 15.1. The largest absolute Gasteiger partial charge is 0.319 e. The molecule has 0 spiro atoms. The average molecular weight is 244 g/mol. The second kappa shape index (κ2) is 5.41. The molecule has 2 nitrogen and oxygen atoms in total. The molecule has 0 amide bonds. The van der Waals surface area contributed by atoms with Gasteiger partial charge in [0.2, 0.25) is 0 Å². The summed E-state index contributed by atoms with van der Waals surface area (Å²) in [5.74, 6) is 1.74. The van der Waals surface area contributed by atoms with Gasteiger partial charge in [0.1, 0.15) is 0 Å². The summed E-state index contributed by atoms with van der Waals surface area (Å²) in [7, 11) is 2.02. The van der Waals surface area contributed by atoms with Crippen molar-refractivity contribution in [3.63, 3.8) is 0 Å². The van der Waals surface area contributed by atoms with Crippen LogP contribution in [0.2, 0.25) is 0 Å². The molecule has 98 valence electrons. The van der Waals surface area contributed by atoms with E-state index in [1.807, 2.05) is 7.05 Å². The van der Waals surface area contributed by atoms with E-state index in [1.165, 1.54) is 38.0 Å². The van der Waals surface area contributed by atoms with Crippen molar-refractivity contribution in [3.05, 3.63) is 35.4 Å².